The van der Waals surface area contributed by atoms with Gasteiger partial charge in [-0.25, -0.2) is 0 Å². The van der Waals surface area contributed by atoms with E-state index in [1.54, 1.807) is 6.07 Å². The van der Waals surface area contributed by atoms with E-state index < -0.39 is 0 Å². The second-order valence-electron chi connectivity index (χ2n) is 10.7. The van der Waals surface area contributed by atoms with Crippen molar-refractivity contribution in [2.24, 2.45) is 0 Å². The van der Waals surface area contributed by atoms with Gasteiger partial charge >= 0.3 is 0 Å². The minimum atomic E-state index is 0.168. The van der Waals surface area contributed by atoms with Crippen LogP contribution >= 0.6 is 0 Å². The number of ether oxygens (including phenoxy) is 2. The predicted molar refractivity (Wildman–Crippen MR) is 164 cm³/mol. The predicted octanol–water partition coefficient (Wildman–Crippen LogP) is 10.1. The van der Waals surface area contributed by atoms with Crippen molar-refractivity contribution < 1.29 is 14.6 Å². The molecule has 0 radical (unpaired) electrons. The van der Waals surface area contributed by atoms with Crippen molar-refractivity contribution in [2.75, 3.05) is 13.2 Å². The van der Waals surface area contributed by atoms with E-state index in [0.29, 0.717) is 24.7 Å². The lowest BCUT2D eigenvalue weighted by Gasteiger charge is -2.14. The van der Waals surface area contributed by atoms with E-state index in [0.717, 1.165) is 19.3 Å². The van der Waals surface area contributed by atoms with Crippen LogP contribution in [0.5, 0.6) is 17.2 Å². The third kappa shape index (κ3) is 13.6. The summed E-state index contributed by atoms with van der Waals surface area (Å²) in [5.41, 5.74) is 2.90. The molecule has 3 rings (SSSR count). The Morgan fingerprint density at radius 1 is 0.410 bits per heavy atom. The average molecular weight is 531 g/mol. The van der Waals surface area contributed by atoms with Crippen LogP contribution in [-0.4, -0.2) is 18.3 Å². The molecule has 0 bridgehead atoms. The highest BCUT2D eigenvalue weighted by atomic mass is 16.5. The van der Waals surface area contributed by atoms with Gasteiger partial charge in [-0.15, -0.1) is 0 Å². The summed E-state index contributed by atoms with van der Waals surface area (Å²) in [7, 11) is 0. The lowest BCUT2D eigenvalue weighted by molar-refractivity contribution is 0.249. The number of phenolic OH excluding ortho intramolecular Hbond substituents is 1. The molecule has 3 heteroatoms. The Morgan fingerprint density at radius 2 is 0.846 bits per heavy atom. The first-order chi connectivity index (χ1) is 19.3. The summed E-state index contributed by atoms with van der Waals surface area (Å²) >= 11 is 0. The molecule has 3 nitrogen and oxygen atoms in total. The molecule has 0 spiro atoms. The van der Waals surface area contributed by atoms with Crippen LogP contribution in [0.2, 0.25) is 0 Å². The molecule has 3 aromatic rings. The number of rotatable bonds is 22. The molecule has 0 aliphatic heterocycles. The monoisotopic (exact) mass is 530 g/mol. The molecule has 0 amide bonds. The number of benzene rings is 3. The van der Waals surface area contributed by atoms with Gasteiger partial charge in [-0.05, 0) is 61.8 Å². The maximum Gasteiger partial charge on any atom is 0.203 e. The summed E-state index contributed by atoms with van der Waals surface area (Å²) in [5, 5.41) is 10.3. The van der Waals surface area contributed by atoms with E-state index >= 15 is 0 Å². The van der Waals surface area contributed by atoms with Gasteiger partial charge in [-0.2, -0.15) is 0 Å². The molecule has 0 heterocycles. The quantitative estimate of drug-likeness (QED) is 0.131. The van der Waals surface area contributed by atoms with Crippen molar-refractivity contribution in [1.82, 2.24) is 0 Å². The Balaban J connectivity index is 1.16. The smallest absolute Gasteiger partial charge is 0.203 e. The van der Waals surface area contributed by atoms with Crippen molar-refractivity contribution in [2.45, 2.75) is 103 Å². The highest BCUT2D eigenvalue weighted by Gasteiger charge is 2.10. The van der Waals surface area contributed by atoms with Crippen LogP contribution in [0.15, 0.2) is 78.9 Å². The zero-order valence-corrected chi connectivity index (χ0v) is 24.0. The third-order valence-electron chi connectivity index (χ3n) is 7.37. The second kappa shape index (κ2) is 20.0. The standard InChI is InChI=1S/C36H50O3/c37-34-28-21-29-35(38-30-19-9-5-1-3-7-13-22-32-24-15-11-16-25-32)36(34)39-31-20-10-6-2-4-8-14-23-33-26-17-12-18-27-33/h11-12,15-18,21,24-29,37H,1-10,13-14,19-20,22-23,30-31H2. The fourth-order valence-electron chi connectivity index (χ4n) is 5.04. The molecule has 0 aromatic heterocycles. The van der Waals surface area contributed by atoms with Gasteiger partial charge in [0.15, 0.2) is 11.5 Å². The first kappa shape index (κ1) is 30.6. The fourth-order valence-corrected chi connectivity index (χ4v) is 5.04. The van der Waals surface area contributed by atoms with Crippen LogP contribution in [0.4, 0.5) is 0 Å². The zero-order chi connectivity index (χ0) is 27.2. The number of hydrogen-bond donors (Lipinski definition) is 1. The van der Waals surface area contributed by atoms with Crippen molar-refractivity contribution in [1.29, 1.82) is 0 Å². The molecular formula is C36H50O3. The number of phenols is 1. The topological polar surface area (TPSA) is 38.7 Å². The summed E-state index contributed by atoms with van der Waals surface area (Å²) in [5.74, 6) is 1.33. The number of para-hydroxylation sites is 1. The summed E-state index contributed by atoms with van der Waals surface area (Å²) in [6.45, 7) is 1.28. The summed E-state index contributed by atoms with van der Waals surface area (Å²) in [4.78, 5) is 0. The third-order valence-corrected chi connectivity index (χ3v) is 7.37. The molecule has 212 valence electrons. The molecule has 0 saturated heterocycles. The van der Waals surface area contributed by atoms with E-state index in [1.165, 1.54) is 94.6 Å². The molecule has 3 aromatic carbocycles. The Morgan fingerprint density at radius 3 is 1.36 bits per heavy atom. The van der Waals surface area contributed by atoms with Crippen LogP contribution in [0.1, 0.15) is 101 Å². The maximum absolute atomic E-state index is 10.3. The van der Waals surface area contributed by atoms with E-state index in [9.17, 15) is 5.11 Å². The van der Waals surface area contributed by atoms with E-state index in [4.69, 9.17) is 9.47 Å². The van der Waals surface area contributed by atoms with Crippen molar-refractivity contribution in [3.8, 4) is 17.2 Å². The van der Waals surface area contributed by atoms with Gasteiger partial charge in [0.2, 0.25) is 5.75 Å². The molecule has 0 aliphatic rings. The van der Waals surface area contributed by atoms with E-state index in [-0.39, 0.29) is 5.75 Å². The molecule has 0 fully saturated rings. The normalized spacial score (nSPS) is 11.0. The largest absolute Gasteiger partial charge is 0.504 e. The van der Waals surface area contributed by atoms with Crippen LogP contribution < -0.4 is 9.47 Å². The minimum absolute atomic E-state index is 0.168. The first-order valence-corrected chi connectivity index (χ1v) is 15.5. The van der Waals surface area contributed by atoms with E-state index in [2.05, 4.69) is 60.7 Å². The van der Waals surface area contributed by atoms with Gasteiger partial charge < -0.3 is 14.6 Å². The van der Waals surface area contributed by atoms with Gasteiger partial charge in [-0.3, -0.25) is 0 Å². The Kier molecular flexibility index (Phi) is 15.7. The van der Waals surface area contributed by atoms with Crippen molar-refractivity contribution >= 4 is 0 Å². The lowest BCUT2D eigenvalue weighted by Crippen LogP contribution is -2.03. The van der Waals surface area contributed by atoms with Crippen molar-refractivity contribution in [3.63, 3.8) is 0 Å². The number of hydrogen-bond acceptors (Lipinski definition) is 3. The Bertz CT molecular complexity index is 987. The molecular weight excluding hydrogens is 480 g/mol. The highest BCUT2D eigenvalue weighted by molar-refractivity contribution is 5.50. The minimum Gasteiger partial charge on any atom is -0.504 e. The SMILES string of the molecule is Oc1cccc(OCCCCCCCCCc2ccccc2)c1OCCCCCCCCCc1ccccc1. The van der Waals surface area contributed by atoms with Crippen LogP contribution in [0.25, 0.3) is 0 Å². The van der Waals surface area contributed by atoms with Gasteiger partial charge in [0, 0.05) is 0 Å². The molecule has 0 unspecified atom stereocenters. The summed E-state index contributed by atoms with van der Waals surface area (Å²) in [6.07, 6.45) is 19.6. The number of aryl methyl sites for hydroxylation is 2. The van der Waals surface area contributed by atoms with Crippen LogP contribution in [-0.2, 0) is 12.8 Å². The van der Waals surface area contributed by atoms with Gasteiger partial charge in [0.1, 0.15) is 0 Å². The lowest BCUT2D eigenvalue weighted by atomic mass is 10.0. The maximum atomic E-state index is 10.3. The number of unbranched alkanes of at least 4 members (excludes halogenated alkanes) is 12. The number of aromatic hydroxyl groups is 1. The molecule has 0 atom stereocenters. The molecule has 39 heavy (non-hydrogen) atoms. The van der Waals surface area contributed by atoms with Gasteiger partial charge in [0.25, 0.3) is 0 Å². The fraction of sp³-hybridized carbons (Fsp3) is 0.500. The molecule has 1 N–H and O–H groups in total. The van der Waals surface area contributed by atoms with Crippen LogP contribution in [0.3, 0.4) is 0 Å². The Hall–Kier alpha value is -2.94. The highest BCUT2D eigenvalue weighted by Crippen LogP contribution is 2.36. The first-order valence-electron chi connectivity index (χ1n) is 15.5. The van der Waals surface area contributed by atoms with Gasteiger partial charge in [0.05, 0.1) is 13.2 Å². The molecule has 0 saturated carbocycles. The Labute approximate surface area is 237 Å². The average Bonchev–Trinajstić information content (AvgIpc) is 2.97. The van der Waals surface area contributed by atoms with Crippen LogP contribution in [0, 0.1) is 0 Å². The summed E-state index contributed by atoms with van der Waals surface area (Å²) < 4.78 is 11.9. The van der Waals surface area contributed by atoms with E-state index in [1.807, 2.05) is 12.1 Å². The summed E-state index contributed by atoms with van der Waals surface area (Å²) in [6, 6.07) is 27.0. The van der Waals surface area contributed by atoms with Crippen molar-refractivity contribution in [3.05, 3.63) is 90.0 Å². The molecule has 0 aliphatic carbocycles. The zero-order valence-electron chi connectivity index (χ0n) is 24.0. The second-order valence-corrected chi connectivity index (χ2v) is 10.7. The van der Waals surface area contributed by atoms with Gasteiger partial charge in [-0.1, -0.05) is 131 Å².